The van der Waals surface area contributed by atoms with Crippen molar-refractivity contribution < 1.29 is 0 Å². The molecule has 0 aromatic heterocycles. The maximum atomic E-state index is 5.72. The van der Waals surface area contributed by atoms with Crippen LogP contribution in [-0.4, -0.2) is 128 Å². The van der Waals surface area contributed by atoms with Crippen LogP contribution in [0.2, 0.25) is 0 Å². The van der Waals surface area contributed by atoms with Crippen LogP contribution in [0.25, 0.3) is 0 Å². The summed E-state index contributed by atoms with van der Waals surface area (Å²) in [7, 11) is 56.7. The standard InChI is InChI=1S/C14H13N.B18/c1-3-7-13-11(5-1)9-10-12-6-2-4-8-14(12)15-13;1-11(2)16(12(3)4)18(15(9)10)17(13(5)6)14(7)8/h1-8,15H,9-10H2;. The molecular weight excluding hydrogens is 377 g/mol. The second-order valence-electron chi connectivity index (χ2n) is 8.56. The summed E-state index contributed by atoms with van der Waals surface area (Å²) in [5.41, 5.74) is 5.33. The average molecular weight is 390 g/mol. The first-order valence-corrected chi connectivity index (χ1v) is 11.0. The van der Waals surface area contributed by atoms with Gasteiger partial charge in [0.2, 0.25) is 0 Å². The Bertz CT molecular complexity index is 780. The molecule has 0 bridgehead atoms. The maximum Gasteiger partial charge on any atom is 0.0416 e. The maximum absolute atomic E-state index is 5.72. The zero-order valence-electron chi connectivity index (χ0n) is 18.9. The van der Waals surface area contributed by atoms with Crippen molar-refractivity contribution in [1.82, 2.24) is 0 Å². The van der Waals surface area contributed by atoms with E-state index in [-0.39, 0.29) is 0 Å². The minimum Gasteiger partial charge on any atom is -0.355 e. The van der Waals surface area contributed by atoms with Crippen molar-refractivity contribution >= 4 is 140 Å². The molecule has 0 fully saturated rings. The first-order chi connectivity index (χ1) is 15.5. The van der Waals surface area contributed by atoms with Crippen LogP contribution < -0.4 is 5.32 Å². The molecule has 33 heavy (non-hydrogen) atoms. The molecule has 1 aliphatic heterocycles. The molecule has 0 atom stereocenters. The molecule has 1 heterocycles. The summed E-state index contributed by atoms with van der Waals surface area (Å²) in [5.74, 6) is 0. The second-order valence-corrected chi connectivity index (χ2v) is 8.56. The number of nitrogens with one attached hydrogen (secondary N) is 1. The smallest absolute Gasteiger partial charge is 0.0416 e. The van der Waals surface area contributed by atoms with Crippen molar-refractivity contribution in [2.75, 3.05) is 5.32 Å². The lowest BCUT2D eigenvalue weighted by atomic mass is 8.41. The van der Waals surface area contributed by atoms with Crippen LogP contribution >= 0.6 is 0 Å². The van der Waals surface area contributed by atoms with Gasteiger partial charge in [-0.15, -0.1) is 0 Å². The van der Waals surface area contributed by atoms with Crippen molar-refractivity contribution in [2.45, 2.75) is 12.8 Å². The van der Waals surface area contributed by atoms with Gasteiger partial charge in [0.25, 0.3) is 0 Å². The van der Waals surface area contributed by atoms with E-state index in [0.29, 0.717) is 0 Å². The van der Waals surface area contributed by atoms with E-state index in [1.165, 1.54) is 22.5 Å². The molecule has 0 saturated carbocycles. The van der Waals surface area contributed by atoms with E-state index in [1.807, 2.05) is 0 Å². The minimum absolute atomic E-state index is 0.593. The van der Waals surface area contributed by atoms with E-state index in [9.17, 15) is 0 Å². The zero-order valence-corrected chi connectivity index (χ0v) is 18.9. The molecule has 1 N–H and O–H groups in total. The Morgan fingerprint density at radius 2 is 0.758 bits per heavy atom. The Morgan fingerprint density at radius 1 is 0.455 bits per heavy atom. The van der Waals surface area contributed by atoms with Crippen LogP contribution in [0.15, 0.2) is 48.5 Å². The molecule has 3 rings (SSSR count). The fourth-order valence-electron chi connectivity index (χ4n) is 4.44. The van der Waals surface area contributed by atoms with Crippen molar-refractivity contribution in [3.05, 3.63) is 59.7 Å². The molecule has 19 heteroatoms. The first kappa shape index (κ1) is 28.6. The largest absolute Gasteiger partial charge is 0.355 e. The quantitative estimate of drug-likeness (QED) is 0.489. The highest BCUT2D eigenvalue weighted by Crippen LogP contribution is 2.29. The normalized spacial score (nSPS) is 11.0. The summed E-state index contributed by atoms with van der Waals surface area (Å²) in [6.45, 7) is 0. The van der Waals surface area contributed by atoms with Crippen LogP contribution in [0.1, 0.15) is 11.1 Å². The molecule has 2 aromatic rings. The highest BCUT2D eigenvalue weighted by molar-refractivity contribution is 8.17. The van der Waals surface area contributed by atoms with Gasteiger partial charge < -0.3 is 5.32 Å². The number of aryl methyl sites for hydroxylation is 2. The fraction of sp³-hybridized carbons (Fsp3) is 0.143. The highest BCUT2D eigenvalue weighted by Gasteiger charge is 2.41. The third-order valence-corrected chi connectivity index (χ3v) is 6.08. The number of para-hydroxylation sites is 2. The number of fused-ring (bicyclic) bond motifs is 2. The molecule has 0 saturated heterocycles. The molecule has 1 aliphatic rings. The van der Waals surface area contributed by atoms with E-state index < -0.39 is 51.1 Å². The van der Waals surface area contributed by atoms with Gasteiger partial charge in [-0.3, -0.25) is 0 Å². The van der Waals surface area contributed by atoms with E-state index in [4.69, 9.17) is 77.4 Å². The zero-order chi connectivity index (χ0) is 24.7. The van der Waals surface area contributed by atoms with Crippen molar-refractivity contribution in [3.8, 4) is 0 Å². The van der Waals surface area contributed by atoms with E-state index >= 15 is 0 Å². The fourth-order valence-corrected chi connectivity index (χ4v) is 4.44. The van der Waals surface area contributed by atoms with Crippen molar-refractivity contribution in [1.29, 1.82) is 0 Å². The number of rotatable bonds is 7. The van der Waals surface area contributed by atoms with Gasteiger partial charge in [0.15, 0.2) is 0 Å². The lowest BCUT2D eigenvalue weighted by Crippen LogP contribution is -2.78. The van der Waals surface area contributed by atoms with Crippen LogP contribution in [0, 0.1) is 0 Å². The Kier molecular flexibility index (Phi) is 11.7. The number of anilines is 2. The third-order valence-electron chi connectivity index (χ3n) is 6.08. The molecule has 0 spiro atoms. The van der Waals surface area contributed by atoms with Gasteiger partial charge in [0, 0.05) is 140 Å². The third kappa shape index (κ3) is 7.96. The number of benzene rings is 2. The summed E-state index contributed by atoms with van der Waals surface area (Å²) in [4.78, 5) is 0. The Morgan fingerprint density at radius 3 is 1.06 bits per heavy atom. The van der Waals surface area contributed by atoms with Gasteiger partial charge in [-0.05, 0) is 36.1 Å². The molecule has 0 amide bonds. The monoisotopic (exact) mass is 393 g/mol. The SMILES string of the molecule is [B]B([B])B(B([B])[B])B(B([B])[B])B(B([B])[B])B([B])[B].c1ccc2c(c1)CCc1ccccc1N2. The highest BCUT2D eigenvalue weighted by atomic mass is 14.9. The number of hydrogen-bond donors (Lipinski definition) is 1. The van der Waals surface area contributed by atoms with Gasteiger partial charge in [-0.1, -0.05) is 36.4 Å². The van der Waals surface area contributed by atoms with Crippen molar-refractivity contribution in [2.24, 2.45) is 0 Å². The molecule has 0 unspecified atom stereocenters. The molecular formula is C14H13B18N. The van der Waals surface area contributed by atoms with Crippen LogP contribution in [0.5, 0.6) is 0 Å². The van der Waals surface area contributed by atoms with Gasteiger partial charge >= 0.3 is 0 Å². The van der Waals surface area contributed by atoms with Gasteiger partial charge in [0.1, 0.15) is 0 Å². The van der Waals surface area contributed by atoms with E-state index in [2.05, 4.69) is 53.8 Å². The van der Waals surface area contributed by atoms with Gasteiger partial charge in [-0.25, -0.2) is 0 Å². The molecule has 2 aromatic carbocycles. The summed E-state index contributed by atoms with van der Waals surface area (Å²) >= 11 is 0. The van der Waals surface area contributed by atoms with E-state index in [1.54, 1.807) is 0 Å². The van der Waals surface area contributed by atoms with Gasteiger partial charge in [-0.2, -0.15) is 0 Å². The first-order valence-electron chi connectivity index (χ1n) is 11.0. The van der Waals surface area contributed by atoms with Crippen LogP contribution in [0.4, 0.5) is 11.4 Å². The molecule has 0 aliphatic carbocycles. The van der Waals surface area contributed by atoms with Crippen LogP contribution in [0.3, 0.4) is 0 Å². The van der Waals surface area contributed by atoms with Crippen molar-refractivity contribution in [3.63, 3.8) is 0 Å². The second kappa shape index (κ2) is 13.5. The Labute approximate surface area is 217 Å². The van der Waals surface area contributed by atoms with E-state index in [0.717, 1.165) is 12.8 Å². The Balaban J connectivity index is 0.000000235. The summed E-state index contributed by atoms with van der Waals surface area (Å²) in [5, 5.41) is 3.50. The predicted molar refractivity (Wildman–Crippen MR) is 167 cm³/mol. The molecule has 20 radical (unpaired) electrons. The number of hydrogen-bond acceptors (Lipinski definition) is 1. The lowest BCUT2D eigenvalue weighted by Gasteiger charge is -2.40. The summed E-state index contributed by atoms with van der Waals surface area (Å²) in [6, 6.07) is 17.1. The van der Waals surface area contributed by atoms with Gasteiger partial charge in [0.05, 0.1) is 0 Å². The topological polar surface area (TPSA) is 12.0 Å². The molecule has 128 valence electrons. The Hall–Kier alpha value is -0.591. The predicted octanol–water partition coefficient (Wildman–Crippen LogP) is -3.33. The lowest BCUT2D eigenvalue weighted by molar-refractivity contribution is 0.977. The summed E-state index contributed by atoms with van der Waals surface area (Å²) in [6.07, 6.45) is -3.79. The van der Waals surface area contributed by atoms with Crippen LogP contribution in [-0.2, 0) is 12.8 Å². The minimum atomic E-state index is -0.853. The summed E-state index contributed by atoms with van der Waals surface area (Å²) < 4.78 is 0. The average Bonchev–Trinajstić information content (AvgIpc) is 2.92. The molecule has 1 nitrogen and oxygen atoms in total.